The van der Waals surface area contributed by atoms with Crippen molar-refractivity contribution in [2.24, 2.45) is 0 Å². The third-order valence-electron chi connectivity index (χ3n) is 3.39. The smallest absolute Gasteiger partial charge is 0.265 e. The molecule has 0 aliphatic heterocycles. The Morgan fingerprint density at radius 3 is 2.72 bits per heavy atom. The minimum absolute atomic E-state index is 0.162. The second kappa shape index (κ2) is 7.99. The van der Waals surface area contributed by atoms with Crippen molar-refractivity contribution in [1.82, 2.24) is 9.97 Å². The Hall–Kier alpha value is -1.89. The highest BCUT2D eigenvalue weighted by molar-refractivity contribution is 7.99. The van der Waals surface area contributed by atoms with E-state index in [2.05, 4.69) is 22.2 Å². The number of thioether (sulfide) groups is 1. The number of aryl methyl sites for hydroxylation is 1. The number of anilines is 1. The minimum atomic E-state index is -0.162. The van der Waals surface area contributed by atoms with Crippen molar-refractivity contribution in [2.75, 3.05) is 11.1 Å². The summed E-state index contributed by atoms with van der Waals surface area (Å²) in [6.45, 7) is 4.04. The molecule has 4 nitrogen and oxygen atoms in total. The lowest BCUT2D eigenvalue weighted by Gasteiger charge is -2.07. The van der Waals surface area contributed by atoms with Gasteiger partial charge >= 0.3 is 0 Å². The third-order valence-corrected chi connectivity index (χ3v) is 5.51. The van der Waals surface area contributed by atoms with Crippen molar-refractivity contribution >= 4 is 46.3 Å². The zero-order valence-corrected chi connectivity index (χ0v) is 16.1. The molecule has 0 radical (unpaired) electrons. The van der Waals surface area contributed by atoms with Crippen LogP contribution in [0.4, 0.5) is 5.69 Å². The Morgan fingerprint density at radius 1 is 1.24 bits per heavy atom. The molecular formula is C18H16ClN3OS2. The van der Waals surface area contributed by atoms with Crippen LogP contribution in [0.2, 0.25) is 5.02 Å². The summed E-state index contributed by atoms with van der Waals surface area (Å²) in [5.41, 5.74) is 1.57. The highest BCUT2D eigenvalue weighted by Gasteiger charge is 2.15. The summed E-state index contributed by atoms with van der Waals surface area (Å²) in [6.07, 6.45) is 3.39. The molecule has 0 spiro atoms. The zero-order chi connectivity index (χ0) is 17.8. The molecule has 128 valence electrons. The quantitative estimate of drug-likeness (QED) is 0.583. The van der Waals surface area contributed by atoms with Crippen LogP contribution in [0.15, 0.2) is 47.6 Å². The lowest BCUT2D eigenvalue weighted by atomic mass is 10.2. The standard InChI is InChI=1S/C18H16ClN3OS2/c1-3-24-14-8-12(19)7-13(9-14)22-18(23)16-10-15(11(2)25-16)17-20-5-4-6-21-17/h4-10H,3H2,1-2H3,(H,22,23). The highest BCUT2D eigenvalue weighted by atomic mass is 35.5. The van der Waals surface area contributed by atoms with Crippen molar-refractivity contribution in [2.45, 2.75) is 18.7 Å². The molecule has 1 amide bonds. The Labute approximate surface area is 159 Å². The van der Waals surface area contributed by atoms with E-state index >= 15 is 0 Å². The number of carbonyl (C=O) groups excluding carboxylic acids is 1. The molecule has 1 aromatic carbocycles. The van der Waals surface area contributed by atoms with Crippen molar-refractivity contribution in [3.63, 3.8) is 0 Å². The number of hydrogen-bond acceptors (Lipinski definition) is 5. The van der Waals surface area contributed by atoms with Crippen molar-refractivity contribution in [3.8, 4) is 11.4 Å². The minimum Gasteiger partial charge on any atom is -0.321 e. The van der Waals surface area contributed by atoms with Gasteiger partial charge in [-0.1, -0.05) is 18.5 Å². The normalized spacial score (nSPS) is 10.7. The number of thiophene rings is 1. The summed E-state index contributed by atoms with van der Waals surface area (Å²) in [4.78, 5) is 23.8. The van der Waals surface area contributed by atoms with E-state index in [1.165, 1.54) is 11.3 Å². The van der Waals surface area contributed by atoms with Crippen LogP contribution in [-0.4, -0.2) is 21.6 Å². The highest BCUT2D eigenvalue weighted by Crippen LogP contribution is 2.30. The van der Waals surface area contributed by atoms with Crippen LogP contribution in [-0.2, 0) is 0 Å². The van der Waals surface area contributed by atoms with Crippen molar-refractivity contribution in [3.05, 3.63) is 57.5 Å². The van der Waals surface area contributed by atoms with Crippen LogP contribution in [0, 0.1) is 6.92 Å². The van der Waals surface area contributed by atoms with Crippen LogP contribution in [0.1, 0.15) is 21.5 Å². The number of halogens is 1. The van der Waals surface area contributed by atoms with Gasteiger partial charge in [0.05, 0.1) is 4.88 Å². The molecule has 0 fully saturated rings. The first-order valence-electron chi connectivity index (χ1n) is 7.69. The van der Waals surface area contributed by atoms with Gasteiger partial charge in [0.2, 0.25) is 0 Å². The number of rotatable bonds is 5. The molecule has 0 bridgehead atoms. The number of amides is 1. The van der Waals surface area contributed by atoms with Crippen molar-refractivity contribution in [1.29, 1.82) is 0 Å². The van der Waals surface area contributed by atoms with E-state index in [4.69, 9.17) is 11.6 Å². The lowest BCUT2D eigenvalue weighted by molar-refractivity contribution is 0.103. The zero-order valence-electron chi connectivity index (χ0n) is 13.7. The molecule has 0 saturated carbocycles. The summed E-state index contributed by atoms with van der Waals surface area (Å²) >= 11 is 9.25. The molecule has 25 heavy (non-hydrogen) atoms. The van der Waals surface area contributed by atoms with E-state index in [0.717, 1.165) is 21.1 Å². The number of nitrogens with one attached hydrogen (secondary N) is 1. The monoisotopic (exact) mass is 389 g/mol. The van der Waals surface area contributed by atoms with Gasteiger partial charge in [0.1, 0.15) is 0 Å². The van der Waals surface area contributed by atoms with E-state index in [0.29, 0.717) is 21.4 Å². The second-order valence-electron chi connectivity index (χ2n) is 5.22. The lowest BCUT2D eigenvalue weighted by Crippen LogP contribution is -2.10. The van der Waals surface area contributed by atoms with Crippen LogP contribution < -0.4 is 5.32 Å². The first kappa shape index (κ1) is 17.9. The Bertz CT molecular complexity index is 897. The molecule has 2 aromatic heterocycles. The number of benzene rings is 1. The van der Waals surface area contributed by atoms with Gasteiger partial charge in [-0.2, -0.15) is 0 Å². The predicted octanol–water partition coefficient (Wildman–Crippen LogP) is 5.53. The van der Waals surface area contributed by atoms with Gasteiger partial charge in [-0.15, -0.1) is 23.1 Å². The van der Waals surface area contributed by atoms with Crippen LogP contribution in [0.25, 0.3) is 11.4 Å². The average molecular weight is 390 g/mol. The van der Waals surface area contributed by atoms with Gasteiger partial charge in [0.25, 0.3) is 5.91 Å². The summed E-state index contributed by atoms with van der Waals surface area (Å²) < 4.78 is 0. The molecule has 0 unspecified atom stereocenters. The molecule has 0 saturated heterocycles. The Kier molecular flexibility index (Phi) is 5.73. The van der Waals surface area contributed by atoms with Gasteiger partial charge in [-0.25, -0.2) is 9.97 Å². The summed E-state index contributed by atoms with van der Waals surface area (Å²) in [5, 5.41) is 3.53. The fourth-order valence-electron chi connectivity index (χ4n) is 2.33. The van der Waals surface area contributed by atoms with Crippen LogP contribution in [0.5, 0.6) is 0 Å². The first-order valence-corrected chi connectivity index (χ1v) is 9.87. The van der Waals surface area contributed by atoms with Crippen LogP contribution in [0.3, 0.4) is 0 Å². The van der Waals surface area contributed by atoms with E-state index in [9.17, 15) is 4.79 Å². The maximum atomic E-state index is 12.6. The van der Waals surface area contributed by atoms with Gasteiger partial charge in [0, 0.05) is 38.4 Å². The maximum Gasteiger partial charge on any atom is 0.265 e. The molecule has 0 aliphatic rings. The average Bonchev–Trinajstić information content (AvgIpc) is 2.97. The second-order valence-corrected chi connectivity index (χ2v) is 8.25. The Balaban J connectivity index is 1.83. The van der Waals surface area contributed by atoms with E-state index in [1.807, 2.05) is 25.1 Å². The number of nitrogens with zero attached hydrogens (tertiary/aromatic N) is 2. The fraction of sp³-hybridized carbons (Fsp3) is 0.167. The first-order chi connectivity index (χ1) is 12.1. The number of hydrogen-bond donors (Lipinski definition) is 1. The van der Waals surface area contributed by atoms with E-state index in [1.54, 1.807) is 36.3 Å². The summed E-state index contributed by atoms with van der Waals surface area (Å²) in [5.74, 6) is 1.41. The molecule has 7 heteroatoms. The predicted molar refractivity (Wildman–Crippen MR) is 106 cm³/mol. The Morgan fingerprint density at radius 2 is 2.00 bits per heavy atom. The molecule has 0 aliphatic carbocycles. The molecule has 3 rings (SSSR count). The maximum absolute atomic E-state index is 12.6. The summed E-state index contributed by atoms with van der Waals surface area (Å²) in [6, 6.07) is 9.17. The topological polar surface area (TPSA) is 54.9 Å². The van der Waals surface area contributed by atoms with Gasteiger partial charge < -0.3 is 5.32 Å². The molecule has 3 aromatic rings. The van der Waals surface area contributed by atoms with E-state index in [-0.39, 0.29) is 5.91 Å². The molecule has 1 N–H and O–H groups in total. The number of aromatic nitrogens is 2. The van der Waals surface area contributed by atoms with E-state index < -0.39 is 0 Å². The fourth-order valence-corrected chi connectivity index (χ4v) is 4.30. The van der Waals surface area contributed by atoms with Gasteiger partial charge in [-0.05, 0) is 43.0 Å². The van der Waals surface area contributed by atoms with Gasteiger partial charge in [-0.3, -0.25) is 4.79 Å². The largest absolute Gasteiger partial charge is 0.321 e. The molecular weight excluding hydrogens is 374 g/mol. The summed E-state index contributed by atoms with van der Waals surface area (Å²) in [7, 11) is 0. The molecule has 2 heterocycles. The SMILES string of the molecule is CCSc1cc(Cl)cc(NC(=O)c2cc(-c3ncccn3)c(C)s2)c1. The van der Waals surface area contributed by atoms with Gasteiger partial charge in [0.15, 0.2) is 5.82 Å². The number of carbonyl (C=O) groups is 1. The molecule has 0 atom stereocenters. The van der Waals surface area contributed by atoms with Crippen LogP contribution >= 0.6 is 34.7 Å². The third kappa shape index (κ3) is 4.39. The van der Waals surface area contributed by atoms with Crippen molar-refractivity contribution < 1.29 is 4.79 Å².